The maximum absolute atomic E-state index is 12.7. The van der Waals surface area contributed by atoms with Gasteiger partial charge in [-0.15, -0.1) is 0 Å². The van der Waals surface area contributed by atoms with Crippen LogP contribution in [0.1, 0.15) is 12.0 Å². The molecule has 1 aliphatic rings. The molecule has 1 aliphatic heterocycles. The van der Waals surface area contributed by atoms with Gasteiger partial charge in [-0.25, -0.2) is 9.82 Å². The van der Waals surface area contributed by atoms with Gasteiger partial charge in [-0.05, 0) is 17.7 Å². The first-order valence-corrected chi connectivity index (χ1v) is 5.45. The third-order valence-electron chi connectivity index (χ3n) is 2.61. The topological polar surface area (TPSA) is 49.4 Å². The van der Waals surface area contributed by atoms with E-state index in [-0.39, 0.29) is 30.5 Å². The zero-order chi connectivity index (χ0) is 12.3. The standard InChI is InChI=1S/C12H13FN2O2/c13-10-3-1-9(2-4-10)7-12(17)15-8-11(16)5-6-14-15/h1-4,14H,5-8H2. The predicted molar refractivity (Wildman–Crippen MR) is 59.4 cm³/mol. The van der Waals surface area contributed by atoms with E-state index >= 15 is 0 Å². The molecular weight excluding hydrogens is 223 g/mol. The van der Waals surface area contributed by atoms with Gasteiger partial charge in [0.05, 0.1) is 13.0 Å². The Hall–Kier alpha value is -1.75. The normalized spacial score (nSPS) is 16.1. The predicted octanol–water partition coefficient (Wildman–Crippen LogP) is 0.674. The first-order chi connectivity index (χ1) is 8.15. The van der Waals surface area contributed by atoms with Crippen LogP contribution in [0.5, 0.6) is 0 Å². The summed E-state index contributed by atoms with van der Waals surface area (Å²) < 4.78 is 12.7. The minimum atomic E-state index is -0.326. The molecule has 17 heavy (non-hydrogen) atoms. The highest BCUT2D eigenvalue weighted by molar-refractivity contribution is 5.87. The Balaban J connectivity index is 1.96. The van der Waals surface area contributed by atoms with Crippen LogP contribution in [0, 0.1) is 5.82 Å². The zero-order valence-corrected chi connectivity index (χ0v) is 9.28. The summed E-state index contributed by atoms with van der Waals surface area (Å²) >= 11 is 0. The van der Waals surface area contributed by atoms with E-state index in [4.69, 9.17) is 0 Å². The molecule has 5 heteroatoms. The first kappa shape index (κ1) is 11.7. The largest absolute Gasteiger partial charge is 0.298 e. The summed E-state index contributed by atoms with van der Waals surface area (Å²) in [4.78, 5) is 23.0. The van der Waals surface area contributed by atoms with Gasteiger partial charge in [-0.2, -0.15) is 0 Å². The number of Topliss-reactive ketones (excluding diaryl/α,β-unsaturated/α-hetero) is 1. The van der Waals surface area contributed by atoms with Crippen LogP contribution in [0.3, 0.4) is 0 Å². The molecule has 1 aromatic carbocycles. The molecule has 2 rings (SSSR count). The third-order valence-corrected chi connectivity index (χ3v) is 2.61. The lowest BCUT2D eigenvalue weighted by Gasteiger charge is -2.26. The number of benzene rings is 1. The fourth-order valence-corrected chi connectivity index (χ4v) is 1.69. The number of hydrazine groups is 1. The quantitative estimate of drug-likeness (QED) is 0.821. The van der Waals surface area contributed by atoms with Crippen LogP contribution in [-0.4, -0.2) is 29.8 Å². The van der Waals surface area contributed by atoms with Crippen LogP contribution in [0.4, 0.5) is 4.39 Å². The van der Waals surface area contributed by atoms with Crippen molar-refractivity contribution >= 4 is 11.7 Å². The van der Waals surface area contributed by atoms with Crippen LogP contribution in [0.2, 0.25) is 0 Å². The first-order valence-electron chi connectivity index (χ1n) is 5.45. The van der Waals surface area contributed by atoms with Gasteiger partial charge in [0, 0.05) is 13.0 Å². The van der Waals surface area contributed by atoms with Crippen molar-refractivity contribution in [3.05, 3.63) is 35.6 Å². The van der Waals surface area contributed by atoms with Crippen molar-refractivity contribution in [3.8, 4) is 0 Å². The number of rotatable bonds is 2. The highest BCUT2D eigenvalue weighted by Gasteiger charge is 2.21. The molecule has 1 aromatic rings. The van der Waals surface area contributed by atoms with Crippen LogP contribution in [0.15, 0.2) is 24.3 Å². The molecule has 1 N–H and O–H groups in total. The Labute approximate surface area is 98.4 Å². The molecule has 0 saturated carbocycles. The van der Waals surface area contributed by atoms with E-state index in [0.29, 0.717) is 13.0 Å². The molecule has 0 aromatic heterocycles. The molecule has 1 amide bonds. The van der Waals surface area contributed by atoms with Gasteiger partial charge in [0.1, 0.15) is 5.82 Å². The van der Waals surface area contributed by atoms with E-state index in [1.54, 1.807) is 12.1 Å². The highest BCUT2D eigenvalue weighted by Crippen LogP contribution is 2.06. The summed E-state index contributed by atoms with van der Waals surface area (Å²) in [6.07, 6.45) is 0.626. The van der Waals surface area contributed by atoms with E-state index in [9.17, 15) is 14.0 Å². The Morgan fingerprint density at radius 1 is 1.35 bits per heavy atom. The van der Waals surface area contributed by atoms with E-state index in [1.165, 1.54) is 17.1 Å². The number of nitrogens with one attached hydrogen (secondary N) is 1. The number of hydrogen-bond acceptors (Lipinski definition) is 3. The Kier molecular flexibility index (Phi) is 3.49. The van der Waals surface area contributed by atoms with Crippen LogP contribution in [-0.2, 0) is 16.0 Å². The number of halogens is 1. The minimum absolute atomic E-state index is 0.0520. The molecule has 0 spiro atoms. The molecule has 1 heterocycles. The number of carbonyl (C=O) groups is 2. The van der Waals surface area contributed by atoms with E-state index in [1.807, 2.05) is 0 Å². The summed E-state index contributed by atoms with van der Waals surface area (Å²) in [5.41, 5.74) is 3.60. The summed E-state index contributed by atoms with van der Waals surface area (Å²) in [6.45, 7) is 0.605. The van der Waals surface area contributed by atoms with E-state index in [2.05, 4.69) is 5.43 Å². The van der Waals surface area contributed by atoms with Gasteiger partial charge < -0.3 is 0 Å². The average molecular weight is 236 g/mol. The van der Waals surface area contributed by atoms with Crippen molar-refractivity contribution in [3.63, 3.8) is 0 Å². The maximum atomic E-state index is 12.7. The Morgan fingerprint density at radius 2 is 2.06 bits per heavy atom. The van der Waals surface area contributed by atoms with Crippen LogP contribution in [0.25, 0.3) is 0 Å². The number of nitrogens with zero attached hydrogens (tertiary/aromatic N) is 1. The van der Waals surface area contributed by atoms with Crippen molar-refractivity contribution < 1.29 is 14.0 Å². The van der Waals surface area contributed by atoms with Crippen molar-refractivity contribution in [1.29, 1.82) is 0 Å². The summed E-state index contributed by atoms with van der Waals surface area (Å²) in [7, 11) is 0. The van der Waals surface area contributed by atoms with Gasteiger partial charge in [0.2, 0.25) is 5.91 Å². The SMILES string of the molecule is O=C1CCNN(C(=O)Cc2ccc(F)cc2)C1. The fourth-order valence-electron chi connectivity index (χ4n) is 1.69. The molecule has 0 unspecified atom stereocenters. The van der Waals surface area contributed by atoms with Gasteiger partial charge in [-0.1, -0.05) is 12.1 Å². The van der Waals surface area contributed by atoms with E-state index < -0.39 is 0 Å². The average Bonchev–Trinajstić information content (AvgIpc) is 2.32. The molecule has 1 fully saturated rings. The molecule has 0 aliphatic carbocycles. The van der Waals surface area contributed by atoms with Crippen molar-refractivity contribution in [2.45, 2.75) is 12.8 Å². The molecule has 0 radical (unpaired) electrons. The van der Waals surface area contributed by atoms with Gasteiger partial charge >= 0.3 is 0 Å². The number of ketones is 1. The number of amides is 1. The second-order valence-corrected chi connectivity index (χ2v) is 3.98. The lowest BCUT2D eigenvalue weighted by molar-refractivity contribution is -0.140. The fraction of sp³-hybridized carbons (Fsp3) is 0.333. The van der Waals surface area contributed by atoms with Crippen molar-refractivity contribution in [2.75, 3.05) is 13.1 Å². The van der Waals surface area contributed by atoms with Gasteiger partial charge in [0.25, 0.3) is 0 Å². The Bertz CT molecular complexity index is 431. The molecule has 90 valence electrons. The van der Waals surface area contributed by atoms with Crippen LogP contribution >= 0.6 is 0 Å². The zero-order valence-electron chi connectivity index (χ0n) is 9.28. The van der Waals surface area contributed by atoms with Crippen LogP contribution < -0.4 is 5.43 Å². The second kappa shape index (κ2) is 5.05. The monoisotopic (exact) mass is 236 g/mol. The van der Waals surface area contributed by atoms with Gasteiger partial charge in [0.15, 0.2) is 5.78 Å². The molecule has 0 atom stereocenters. The summed E-state index contributed by atoms with van der Waals surface area (Å²) in [5, 5.41) is 1.33. The highest BCUT2D eigenvalue weighted by atomic mass is 19.1. The summed E-state index contributed by atoms with van der Waals surface area (Å²) in [5.74, 6) is -0.451. The number of carbonyl (C=O) groups excluding carboxylic acids is 2. The maximum Gasteiger partial charge on any atom is 0.241 e. The molecular formula is C12H13FN2O2. The Morgan fingerprint density at radius 3 is 2.71 bits per heavy atom. The third kappa shape index (κ3) is 3.10. The smallest absolute Gasteiger partial charge is 0.241 e. The molecule has 4 nitrogen and oxygen atoms in total. The summed E-state index contributed by atoms with van der Waals surface area (Å²) in [6, 6.07) is 5.77. The lowest BCUT2D eigenvalue weighted by Crippen LogP contribution is -2.51. The molecule has 0 bridgehead atoms. The molecule has 1 saturated heterocycles. The second-order valence-electron chi connectivity index (χ2n) is 3.98. The van der Waals surface area contributed by atoms with Crippen molar-refractivity contribution in [2.24, 2.45) is 0 Å². The van der Waals surface area contributed by atoms with Crippen molar-refractivity contribution in [1.82, 2.24) is 10.4 Å². The lowest BCUT2D eigenvalue weighted by atomic mass is 10.1. The minimum Gasteiger partial charge on any atom is -0.298 e. The number of hydrogen-bond donors (Lipinski definition) is 1. The van der Waals surface area contributed by atoms with E-state index in [0.717, 1.165) is 5.56 Å². The van der Waals surface area contributed by atoms with Gasteiger partial charge in [-0.3, -0.25) is 14.6 Å².